The zero-order chi connectivity index (χ0) is 22.6. The maximum Gasteiger partial charge on any atom is 0.417 e. The van der Waals surface area contributed by atoms with Crippen molar-refractivity contribution < 1.29 is 22.3 Å². The van der Waals surface area contributed by atoms with Gasteiger partial charge in [-0.2, -0.15) is 13.2 Å². The molecule has 4 rings (SSSR count). The SMILES string of the molecule is Fc1ccc(Oc2ccc(CCc3ccnc(-c4cncc(C(F)(F)F)c4)n3)cc2)cc1. The Bertz CT molecular complexity index is 1190. The zero-order valence-corrected chi connectivity index (χ0v) is 16.7. The molecule has 4 aromatic rings. The minimum absolute atomic E-state index is 0.198. The lowest BCUT2D eigenvalue weighted by molar-refractivity contribution is -0.137. The number of rotatable bonds is 6. The summed E-state index contributed by atoms with van der Waals surface area (Å²) < 4.78 is 57.5. The summed E-state index contributed by atoms with van der Waals surface area (Å²) in [5, 5.41) is 0. The van der Waals surface area contributed by atoms with Crippen molar-refractivity contribution >= 4 is 0 Å². The number of ether oxygens (including phenoxy) is 1. The van der Waals surface area contributed by atoms with Gasteiger partial charge < -0.3 is 4.74 Å². The molecule has 0 spiro atoms. The highest BCUT2D eigenvalue weighted by atomic mass is 19.4. The number of nitrogens with zero attached hydrogens (tertiary/aromatic N) is 3. The zero-order valence-electron chi connectivity index (χ0n) is 16.7. The van der Waals surface area contributed by atoms with E-state index in [0.717, 1.165) is 17.8 Å². The first-order chi connectivity index (χ1) is 15.4. The standard InChI is InChI=1S/C24H17F4N3O/c25-19-4-9-22(10-5-19)32-21-7-2-16(3-8-21)1-6-20-11-12-30-23(31-20)17-13-18(15-29-14-17)24(26,27)28/h2-5,7-15H,1,6H2. The van der Waals surface area contributed by atoms with Gasteiger partial charge in [-0.25, -0.2) is 14.4 Å². The van der Waals surface area contributed by atoms with Crippen LogP contribution in [0.25, 0.3) is 11.4 Å². The minimum atomic E-state index is -4.48. The van der Waals surface area contributed by atoms with Crippen LogP contribution in [0.4, 0.5) is 17.6 Å². The van der Waals surface area contributed by atoms with Gasteiger partial charge in [-0.1, -0.05) is 12.1 Å². The molecule has 0 atom stereocenters. The number of benzene rings is 2. The smallest absolute Gasteiger partial charge is 0.417 e. The van der Waals surface area contributed by atoms with E-state index in [1.54, 1.807) is 18.2 Å². The molecule has 0 N–H and O–H groups in total. The van der Waals surface area contributed by atoms with Crippen molar-refractivity contribution in [1.29, 1.82) is 0 Å². The number of halogens is 4. The van der Waals surface area contributed by atoms with Gasteiger partial charge in [0, 0.05) is 29.8 Å². The van der Waals surface area contributed by atoms with Crippen LogP contribution < -0.4 is 4.74 Å². The van der Waals surface area contributed by atoms with E-state index in [9.17, 15) is 17.6 Å². The highest BCUT2D eigenvalue weighted by Crippen LogP contribution is 2.30. The fraction of sp³-hybridized carbons (Fsp3) is 0.125. The lowest BCUT2D eigenvalue weighted by Gasteiger charge is -2.09. The number of alkyl halides is 3. The van der Waals surface area contributed by atoms with Crippen LogP contribution in [0.3, 0.4) is 0 Å². The van der Waals surface area contributed by atoms with Crippen molar-refractivity contribution in [2.24, 2.45) is 0 Å². The summed E-state index contributed by atoms with van der Waals surface area (Å²) in [5.41, 5.74) is 1.12. The van der Waals surface area contributed by atoms with Crippen LogP contribution in [-0.4, -0.2) is 15.0 Å². The molecule has 0 bridgehead atoms. The average molecular weight is 439 g/mol. The molecular weight excluding hydrogens is 422 g/mol. The minimum Gasteiger partial charge on any atom is -0.457 e. The quantitative estimate of drug-likeness (QED) is 0.332. The maximum absolute atomic E-state index is 13.0. The number of aryl methyl sites for hydroxylation is 2. The number of hydrogen-bond donors (Lipinski definition) is 0. The van der Waals surface area contributed by atoms with Crippen LogP contribution in [0.2, 0.25) is 0 Å². The maximum atomic E-state index is 13.0. The van der Waals surface area contributed by atoms with Crippen LogP contribution in [0.5, 0.6) is 11.5 Å². The third-order valence-corrected chi connectivity index (χ3v) is 4.68. The summed E-state index contributed by atoms with van der Waals surface area (Å²) in [6.45, 7) is 0. The Morgan fingerprint density at radius 1 is 0.812 bits per heavy atom. The highest BCUT2D eigenvalue weighted by Gasteiger charge is 2.31. The summed E-state index contributed by atoms with van der Waals surface area (Å²) in [6.07, 6.45) is 0.393. The van der Waals surface area contributed by atoms with Gasteiger partial charge in [-0.05, 0) is 66.9 Å². The predicted octanol–water partition coefficient (Wildman–Crippen LogP) is 6.27. The van der Waals surface area contributed by atoms with Crippen LogP contribution in [0, 0.1) is 5.82 Å². The molecule has 0 unspecified atom stereocenters. The van der Waals surface area contributed by atoms with Gasteiger partial charge in [0.2, 0.25) is 0 Å². The summed E-state index contributed by atoms with van der Waals surface area (Å²) in [7, 11) is 0. The van der Waals surface area contributed by atoms with E-state index in [0.29, 0.717) is 30.0 Å². The normalized spacial score (nSPS) is 11.4. The second-order valence-corrected chi connectivity index (χ2v) is 7.03. The van der Waals surface area contributed by atoms with Crippen LogP contribution >= 0.6 is 0 Å². The van der Waals surface area contributed by atoms with Crippen molar-refractivity contribution in [3.8, 4) is 22.9 Å². The molecule has 2 aromatic heterocycles. The van der Waals surface area contributed by atoms with E-state index in [-0.39, 0.29) is 17.2 Å². The van der Waals surface area contributed by atoms with Crippen molar-refractivity contribution in [2.45, 2.75) is 19.0 Å². The first-order valence-corrected chi connectivity index (χ1v) is 9.74. The molecule has 2 heterocycles. The van der Waals surface area contributed by atoms with Gasteiger partial charge in [-0.3, -0.25) is 4.98 Å². The monoisotopic (exact) mass is 439 g/mol. The van der Waals surface area contributed by atoms with Gasteiger partial charge >= 0.3 is 6.18 Å². The number of hydrogen-bond acceptors (Lipinski definition) is 4. The summed E-state index contributed by atoms with van der Waals surface area (Å²) in [5.74, 6) is 1.03. The van der Waals surface area contributed by atoms with Crippen molar-refractivity contribution in [3.05, 3.63) is 102 Å². The highest BCUT2D eigenvalue weighted by molar-refractivity contribution is 5.54. The largest absolute Gasteiger partial charge is 0.457 e. The van der Waals surface area contributed by atoms with Gasteiger partial charge in [0.15, 0.2) is 5.82 Å². The van der Waals surface area contributed by atoms with Crippen LogP contribution in [0.15, 0.2) is 79.3 Å². The summed E-state index contributed by atoms with van der Waals surface area (Å²) in [4.78, 5) is 12.1. The van der Waals surface area contributed by atoms with E-state index >= 15 is 0 Å². The molecule has 0 aliphatic carbocycles. The molecule has 0 amide bonds. The Morgan fingerprint density at radius 2 is 1.50 bits per heavy atom. The van der Waals surface area contributed by atoms with Crippen molar-refractivity contribution in [3.63, 3.8) is 0 Å². The second-order valence-electron chi connectivity index (χ2n) is 7.03. The van der Waals surface area contributed by atoms with E-state index in [2.05, 4.69) is 15.0 Å². The van der Waals surface area contributed by atoms with Crippen molar-refractivity contribution in [1.82, 2.24) is 15.0 Å². The van der Waals surface area contributed by atoms with E-state index in [1.165, 1.54) is 24.5 Å². The Balaban J connectivity index is 1.41. The third-order valence-electron chi connectivity index (χ3n) is 4.68. The van der Waals surface area contributed by atoms with Crippen LogP contribution in [0.1, 0.15) is 16.8 Å². The van der Waals surface area contributed by atoms with E-state index < -0.39 is 11.7 Å². The lowest BCUT2D eigenvalue weighted by atomic mass is 10.1. The molecule has 32 heavy (non-hydrogen) atoms. The topological polar surface area (TPSA) is 47.9 Å². The molecule has 4 nitrogen and oxygen atoms in total. The summed E-state index contributed by atoms with van der Waals surface area (Å²) in [6, 6.07) is 15.9. The molecule has 2 aromatic carbocycles. The molecule has 162 valence electrons. The Labute approximate surface area is 181 Å². The molecule has 0 saturated carbocycles. The Hall–Kier alpha value is -3.81. The first-order valence-electron chi connectivity index (χ1n) is 9.74. The Morgan fingerprint density at radius 3 is 2.19 bits per heavy atom. The van der Waals surface area contributed by atoms with E-state index in [1.807, 2.05) is 24.3 Å². The van der Waals surface area contributed by atoms with Gasteiger partial charge in [0.05, 0.1) is 5.56 Å². The molecule has 0 aliphatic rings. The molecule has 0 fully saturated rings. The molecule has 8 heteroatoms. The second kappa shape index (κ2) is 9.13. The Kier molecular flexibility index (Phi) is 6.11. The van der Waals surface area contributed by atoms with Crippen molar-refractivity contribution in [2.75, 3.05) is 0 Å². The third kappa shape index (κ3) is 5.46. The molecule has 0 saturated heterocycles. The number of pyridine rings is 1. The lowest BCUT2D eigenvalue weighted by Crippen LogP contribution is -2.06. The average Bonchev–Trinajstić information content (AvgIpc) is 2.80. The van der Waals surface area contributed by atoms with Gasteiger partial charge in [0.25, 0.3) is 0 Å². The van der Waals surface area contributed by atoms with E-state index in [4.69, 9.17) is 4.74 Å². The van der Waals surface area contributed by atoms with Gasteiger partial charge in [0.1, 0.15) is 17.3 Å². The first kappa shape index (κ1) is 21.4. The fourth-order valence-electron chi connectivity index (χ4n) is 3.03. The van der Waals surface area contributed by atoms with Gasteiger partial charge in [-0.15, -0.1) is 0 Å². The number of aromatic nitrogens is 3. The summed E-state index contributed by atoms with van der Waals surface area (Å²) >= 11 is 0. The van der Waals surface area contributed by atoms with Crippen LogP contribution in [-0.2, 0) is 19.0 Å². The molecular formula is C24H17F4N3O. The predicted molar refractivity (Wildman–Crippen MR) is 111 cm³/mol. The molecule has 0 radical (unpaired) electrons. The molecule has 0 aliphatic heterocycles. The fourth-order valence-corrected chi connectivity index (χ4v) is 3.03.